The molecule has 3 aromatic rings. The normalized spacial score (nSPS) is 10.5. The Morgan fingerprint density at radius 2 is 1.33 bits per heavy atom. The second-order valence-corrected chi connectivity index (χ2v) is 7.52. The van der Waals surface area contributed by atoms with E-state index in [1.54, 1.807) is 0 Å². The van der Waals surface area contributed by atoms with Gasteiger partial charge in [0.05, 0.1) is 12.4 Å². The van der Waals surface area contributed by atoms with Crippen LogP contribution < -0.4 is 23.7 Å². The average molecular weight is 590 g/mol. The third kappa shape index (κ3) is 9.55. The van der Waals surface area contributed by atoms with Crippen LogP contribution in [0.4, 0.5) is 13.2 Å². The smallest absolute Gasteiger partial charge is 0.420 e. The molecule has 0 bridgehead atoms. The number of esters is 3. The predicted molar refractivity (Wildman–Crippen MR) is 135 cm³/mol. The van der Waals surface area contributed by atoms with Crippen LogP contribution in [0.1, 0.15) is 16.1 Å². The molecule has 1 aromatic carbocycles. The van der Waals surface area contributed by atoms with Crippen LogP contribution in [0.2, 0.25) is 0 Å². The first kappa shape index (κ1) is 30.9. The lowest BCUT2D eigenvalue weighted by Gasteiger charge is -2.15. The van der Waals surface area contributed by atoms with E-state index >= 15 is 0 Å². The molecule has 0 N–H and O–H groups in total. The molecule has 0 amide bonds. The van der Waals surface area contributed by atoms with Crippen LogP contribution in [0.3, 0.4) is 0 Å². The second kappa shape index (κ2) is 14.7. The fourth-order valence-corrected chi connectivity index (χ4v) is 2.79. The highest BCUT2D eigenvalue weighted by Crippen LogP contribution is 2.38. The topological polar surface area (TPSA) is 142 Å². The van der Waals surface area contributed by atoms with Gasteiger partial charge < -0.3 is 33.2 Å². The summed E-state index contributed by atoms with van der Waals surface area (Å²) >= 11 is 0. The molecule has 2 aromatic heterocycles. The summed E-state index contributed by atoms with van der Waals surface area (Å²) in [5.41, 5.74) is -1.46. The molecule has 0 aliphatic rings. The lowest BCUT2D eigenvalue weighted by Crippen LogP contribution is -2.14. The van der Waals surface area contributed by atoms with E-state index in [2.05, 4.69) is 32.6 Å². The molecule has 0 spiro atoms. The Kier molecular flexibility index (Phi) is 10.8. The summed E-state index contributed by atoms with van der Waals surface area (Å²) in [6, 6.07) is 7.94. The zero-order valence-corrected chi connectivity index (χ0v) is 21.5. The summed E-state index contributed by atoms with van der Waals surface area (Å²) in [6.45, 7) is 5.02. The van der Waals surface area contributed by atoms with Gasteiger partial charge in [0.25, 0.3) is 0 Å². The van der Waals surface area contributed by atoms with E-state index in [1.807, 2.05) is 0 Å². The van der Waals surface area contributed by atoms with Crippen molar-refractivity contribution in [2.45, 2.75) is 6.18 Å². The van der Waals surface area contributed by atoms with Crippen LogP contribution in [-0.4, -0.2) is 48.3 Å². The zero-order valence-electron chi connectivity index (χ0n) is 21.5. The minimum Gasteiger partial charge on any atom is -0.457 e. The van der Waals surface area contributed by atoms with E-state index in [1.165, 1.54) is 30.5 Å². The average Bonchev–Trinajstić information content (AvgIpc) is 2.98. The number of hydrogen-bond donors (Lipinski definition) is 0. The van der Waals surface area contributed by atoms with Gasteiger partial charge in [-0.15, -0.1) is 0 Å². The Balaban J connectivity index is 1.56. The third-order valence-corrected chi connectivity index (χ3v) is 4.73. The maximum Gasteiger partial charge on any atom is 0.420 e. The number of ether oxygens (including phenoxy) is 7. The van der Waals surface area contributed by atoms with E-state index in [9.17, 15) is 27.6 Å². The van der Waals surface area contributed by atoms with E-state index in [0.717, 1.165) is 30.5 Å². The van der Waals surface area contributed by atoms with Gasteiger partial charge >= 0.3 is 24.1 Å². The molecular formula is C27H21F3N2O10. The molecule has 15 heteroatoms. The van der Waals surface area contributed by atoms with Crippen molar-refractivity contribution in [1.29, 1.82) is 0 Å². The lowest BCUT2D eigenvalue weighted by atomic mass is 10.2. The SMILES string of the molecule is C=CC(=O)OCOc1ccc(OCOc2ccc(OC(=O)c3ccc(OCOC(=O)C=C)cn3)cc2C(F)(F)F)nc1. The van der Waals surface area contributed by atoms with Gasteiger partial charge in [0.2, 0.25) is 26.3 Å². The number of halogens is 3. The van der Waals surface area contributed by atoms with Crippen molar-refractivity contribution >= 4 is 17.9 Å². The zero-order chi connectivity index (χ0) is 30.5. The minimum atomic E-state index is -4.86. The Labute approximate surface area is 235 Å². The molecule has 0 saturated carbocycles. The van der Waals surface area contributed by atoms with E-state index in [0.29, 0.717) is 6.07 Å². The first-order valence-electron chi connectivity index (χ1n) is 11.5. The van der Waals surface area contributed by atoms with Crippen molar-refractivity contribution in [3.63, 3.8) is 0 Å². The molecule has 2 heterocycles. The summed E-state index contributed by atoms with van der Waals surface area (Å²) in [5.74, 6) is -3.05. The first-order valence-corrected chi connectivity index (χ1v) is 11.5. The van der Waals surface area contributed by atoms with Gasteiger partial charge in [-0.25, -0.2) is 24.4 Å². The number of benzene rings is 1. The molecule has 220 valence electrons. The maximum absolute atomic E-state index is 13.7. The molecular weight excluding hydrogens is 569 g/mol. The van der Waals surface area contributed by atoms with Gasteiger partial charge in [0.15, 0.2) is 0 Å². The van der Waals surface area contributed by atoms with Crippen molar-refractivity contribution in [1.82, 2.24) is 9.97 Å². The molecule has 0 atom stereocenters. The van der Waals surface area contributed by atoms with Crippen LogP contribution in [-0.2, 0) is 25.2 Å². The first-order chi connectivity index (χ1) is 20.1. The monoisotopic (exact) mass is 590 g/mol. The largest absolute Gasteiger partial charge is 0.457 e. The van der Waals surface area contributed by atoms with Crippen LogP contribution in [0.25, 0.3) is 0 Å². The van der Waals surface area contributed by atoms with Crippen molar-refractivity contribution in [3.8, 4) is 28.9 Å². The van der Waals surface area contributed by atoms with Gasteiger partial charge in [-0.05, 0) is 36.4 Å². The highest BCUT2D eigenvalue weighted by molar-refractivity contribution is 5.89. The Morgan fingerprint density at radius 1 is 0.738 bits per heavy atom. The molecule has 0 aliphatic carbocycles. The number of rotatable bonds is 14. The van der Waals surface area contributed by atoms with Crippen LogP contribution >= 0.6 is 0 Å². The van der Waals surface area contributed by atoms with Crippen molar-refractivity contribution in [2.24, 2.45) is 0 Å². The number of hydrogen-bond acceptors (Lipinski definition) is 12. The van der Waals surface area contributed by atoms with Gasteiger partial charge in [-0.2, -0.15) is 13.2 Å². The lowest BCUT2D eigenvalue weighted by molar-refractivity contribution is -0.145. The van der Waals surface area contributed by atoms with E-state index in [4.69, 9.17) is 23.7 Å². The number of alkyl halides is 3. The van der Waals surface area contributed by atoms with Gasteiger partial charge in [-0.1, -0.05) is 13.2 Å². The summed E-state index contributed by atoms with van der Waals surface area (Å²) in [6.07, 6.45) is -0.587. The summed E-state index contributed by atoms with van der Waals surface area (Å²) in [5, 5.41) is 0. The van der Waals surface area contributed by atoms with Crippen molar-refractivity contribution in [3.05, 3.63) is 91.4 Å². The summed E-state index contributed by atoms with van der Waals surface area (Å²) in [4.78, 5) is 42.1. The van der Waals surface area contributed by atoms with E-state index in [-0.39, 0.29) is 29.9 Å². The number of carbonyl (C=O) groups excluding carboxylic acids is 3. The molecule has 0 radical (unpaired) electrons. The van der Waals surface area contributed by atoms with Crippen LogP contribution in [0.15, 0.2) is 80.2 Å². The number of carbonyl (C=O) groups is 3. The molecule has 0 unspecified atom stereocenters. The standard InChI is InChI=1S/C27H21F3N2O10/c1-3-24(33)40-14-36-18-5-8-21(31-12-18)26(35)42-17-6-9-22(20(11-17)27(28,29)30)38-16-39-23-10-7-19(13-32-23)37-15-41-25(34)4-2/h3-13H,1-2,14-16H2. The van der Waals surface area contributed by atoms with Crippen molar-refractivity contribution in [2.75, 3.05) is 20.4 Å². The number of aromatic nitrogens is 2. The van der Waals surface area contributed by atoms with Gasteiger partial charge in [-0.3, -0.25) is 0 Å². The van der Waals surface area contributed by atoms with Crippen LogP contribution in [0.5, 0.6) is 28.9 Å². The Bertz CT molecular complexity index is 1410. The van der Waals surface area contributed by atoms with Gasteiger partial charge in [0.1, 0.15) is 34.3 Å². The quantitative estimate of drug-likeness (QED) is 0.115. The van der Waals surface area contributed by atoms with E-state index < -0.39 is 54.7 Å². The van der Waals surface area contributed by atoms with Crippen LogP contribution in [0, 0.1) is 0 Å². The summed E-state index contributed by atoms with van der Waals surface area (Å²) < 4.78 is 76.0. The highest BCUT2D eigenvalue weighted by atomic mass is 19.4. The maximum atomic E-state index is 13.7. The fraction of sp³-hybridized carbons (Fsp3) is 0.148. The minimum absolute atomic E-state index is 0.00578. The Morgan fingerprint density at radius 3 is 1.86 bits per heavy atom. The molecule has 0 saturated heterocycles. The predicted octanol–water partition coefficient (Wildman–Crippen LogP) is 4.26. The molecule has 0 fully saturated rings. The fourth-order valence-electron chi connectivity index (χ4n) is 2.79. The van der Waals surface area contributed by atoms with Crippen molar-refractivity contribution < 1.29 is 60.7 Å². The summed E-state index contributed by atoms with van der Waals surface area (Å²) in [7, 11) is 0. The second-order valence-electron chi connectivity index (χ2n) is 7.52. The molecule has 12 nitrogen and oxygen atoms in total. The van der Waals surface area contributed by atoms with Gasteiger partial charge in [0, 0.05) is 18.2 Å². The Hall–Kier alpha value is -5.60. The molecule has 0 aliphatic heterocycles. The molecule has 42 heavy (non-hydrogen) atoms. The highest BCUT2D eigenvalue weighted by Gasteiger charge is 2.35. The number of pyridine rings is 2. The number of nitrogens with zero attached hydrogens (tertiary/aromatic N) is 2. The molecule has 3 rings (SSSR count). The third-order valence-electron chi connectivity index (χ3n) is 4.73.